The smallest absolute Gasteiger partial charge is 0.269 e. The first kappa shape index (κ1) is 9.09. The molecule has 5 heteroatoms. The van der Waals surface area contributed by atoms with E-state index in [9.17, 15) is 13.2 Å². The minimum absolute atomic E-state index is 0.0719. The van der Waals surface area contributed by atoms with E-state index in [2.05, 4.69) is 11.2 Å². The second kappa shape index (κ2) is 2.80. The highest BCUT2D eigenvalue weighted by atomic mass is 19.4. The predicted molar refractivity (Wildman–Crippen MR) is 36.5 cm³/mol. The molecule has 0 saturated heterocycles. The molecule has 0 fully saturated rings. The largest absolute Gasteiger partial charge is 0.435 e. The molecule has 1 aromatic rings. The lowest BCUT2D eigenvalue weighted by molar-refractivity contribution is -0.141. The number of aromatic nitrogens is 2. The fourth-order valence-electron chi connectivity index (χ4n) is 0.704. The Morgan fingerprint density at radius 2 is 2.08 bits per heavy atom. The summed E-state index contributed by atoms with van der Waals surface area (Å²) in [6.45, 7) is 3.50. The van der Waals surface area contributed by atoms with Crippen molar-refractivity contribution in [3.8, 4) is 0 Å². The SMILES string of the molecule is CC(C)n1c[c]c(C(F)(F)F)n1. The van der Waals surface area contributed by atoms with Crippen LogP contribution in [0.1, 0.15) is 25.6 Å². The average molecular weight is 177 g/mol. The maximum absolute atomic E-state index is 12.0. The summed E-state index contributed by atoms with van der Waals surface area (Å²) in [4.78, 5) is 0. The summed E-state index contributed by atoms with van der Waals surface area (Å²) >= 11 is 0. The quantitative estimate of drug-likeness (QED) is 0.643. The van der Waals surface area contributed by atoms with Crippen molar-refractivity contribution in [2.24, 2.45) is 0 Å². The van der Waals surface area contributed by atoms with Crippen molar-refractivity contribution in [2.75, 3.05) is 0 Å². The van der Waals surface area contributed by atoms with Gasteiger partial charge in [-0.15, -0.1) is 0 Å². The molecule has 0 unspecified atom stereocenters. The van der Waals surface area contributed by atoms with Crippen LogP contribution in [-0.4, -0.2) is 9.78 Å². The van der Waals surface area contributed by atoms with Crippen molar-refractivity contribution in [1.82, 2.24) is 9.78 Å². The molecule has 67 valence electrons. The fraction of sp³-hybridized carbons (Fsp3) is 0.571. The van der Waals surface area contributed by atoms with Gasteiger partial charge >= 0.3 is 6.18 Å². The van der Waals surface area contributed by atoms with Crippen LogP contribution in [-0.2, 0) is 6.18 Å². The molecule has 0 amide bonds. The number of halogens is 3. The number of rotatable bonds is 1. The molecule has 0 atom stereocenters. The maximum Gasteiger partial charge on any atom is 0.435 e. The molecular weight excluding hydrogens is 169 g/mol. The van der Waals surface area contributed by atoms with Gasteiger partial charge in [0, 0.05) is 18.3 Å². The minimum atomic E-state index is -4.39. The van der Waals surface area contributed by atoms with Gasteiger partial charge in [-0.2, -0.15) is 18.3 Å². The highest BCUT2D eigenvalue weighted by Gasteiger charge is 2.33. The molecule has 0 bridgehead atoms. The third-order valence-corrected chi connectivity index (χ3v) is 1.35. The molecular formula is C7H8F3N2. The Morgan fingerprint density at radius 3 is 2.33 bits per heavy atom. The minimum Gasteiger partial charge on any atom is -0.269 e. The van der Waals surface area contributed by atoms with Crippen LogP contribution in [0, 0.1) is 6.07 Å². The summed E-state index contributed by atoms with van der Waals surface area (Å²) < 4.78 is 37.1. The average Bonchev–Trinajstić information content (AvgIpc) is 2.30. The molecule has 0 aliphatic rings. The molecule has 0 aliphatic carbocycles. The Morgan fingerprint density at radius 1 is 1.50 bits per heavy atom. The lowest BCUT2D eigenvalue weighted by Crippen LogP contribution is -2.08. The zero-order chi connectivity index (χ0) is 9.35. The summed E-state index contributed by atoms with van der Waals surface area (Å²) in [5, 5.41) is 3.32. The van der Waals surface area contributed by atoms with Gasteiger partial charge in [0.15, 0.2) is 5.69 Å². The summed E-state index contributed by atoms with van der Waals surface area (Å²) in [6, 6.07) is 1.98. The van der Waals surface area contributed by atoms with Crippen LogP contribution in [0.2, 0.25) is 0 Å². The molecule has 0 N–H and O–H groups in total. The van der Waals surface area contributed by atoms with Gasteiger partial charge in [-0.3, -0.25) is 4.68 Å². The van der Waals surface area contributed by atoms with Crippen LogP contribution in [0.15, 0.2) is 6.20 Å². The summed E-state index contributed by atoms with van der Waals surface area (Å²) in [5.41, 5.74) is -0.962. The third-order valence-electron chi connectivity index (χ3n) is 1.35. The van der Waals surface area contributed by atoms with Gasteiger partial charge in [-0.25, -0.2) is 0 Å². The lowest BCUT2D eigenvalue weighted by Gasteiger charge is -2.04. The monoisotopic (exact) mass is 177 g/mol. The van der Waals surface area contributed by atoms with Crippen molar-refractivity contribution in [1.29, 1.82) is 0 Å². The van der Waals surface area contributed by atoms with E-state index in [0.717, 1.165) is 0 Å². The molecule has 1 rings (SSSR count). The van der Waals surface area contributed by atoms with Gasteiger partial charge in [-0.1, -0.05) is 0 Å². The van der Waals surface area contributed by atoms with E-state index in [1.165, 1.54) is 10.9 Å². The van der Waals surface area contributed by atoms with Crippen LogP contribution in [0.3, 0.4) is 0 Å². The molecule has 0 aromatic carbocycles. The van der Waals surface area contributed by atoms with Gasteiger partial charge in [0.2, 0.25) is 0 Å². The van der Waals surface area contributed by atoms with Crippen LogP contribution >= 0.6 is 0 Å². The van der Waals surface area contributed by atoms with Crippen molar-refractivity contribution >= 4 is 0 Å². The molecule has 2 nitrogen and oxygen atoms in total. The number of nitrogens with zero attached hydrogens (tertiary/aromatic N) is 2. The molecule has 1 aromatic heterocycles. The first-order valence-corrected chi connectivity index (χ1v) is 3.45. The first-order chi connectivity index (χ1) is 5.41. The van der Waals surface area contributed by atoms with Crippen molar-refractivity contribution in [3.05, 3.63) is 18.0 Å². The number of hydrogen-bond acceptors (Lipinski definition) is 1. The van der Waals surface area contributed by atoms with Gasteiger partial charge in [-0.05, 0) is 13.8 Å². The first-order valence-electron chi connectivity index (χ1n) is 3.45. The van der Waals surface area contributed by atoms with Crippen LogP contribution in [0.25, 0.3) is 0 Å². The van der Waals surface area contributed by atoms with Crippen molar-refractivity contribution in [2.45, 2.75) is 26.1 Å². The Kier molecular flexibility index (Phi) is 2.12. The molecule has 0 saturated carbocycles. The van der Waals surface area contributed by atoms with E-state index >= 15 is 0 Å². The molecule has 1 heterocycles. The van der Waals surface area contributed by atoms with Gasteiger partial charge in [0.1, 0.15) is 0 Å². The van der Waals surface area contributed by atoms with Gasteiger partial charge in [0.25, 0.3) is 0 Å². The highest BCUT2D eigenvalue weighted by molar-refractivity contribution is 5.01. The number of hydrogen-bond donors (Lipinski definition) is 0. The van der Waals surface area contributed by atoms with E-state index in [1.54, 1.807) is 13.8 Å². The van der Waals surface area contributed by atoms with Gasteiger partial charge < -0.3 is 0 Å². The highest BCUT2D eigenvalue weighted by Crippen LogP contribution is 2.27. The van der Waals surface area contributed by atoms with Crippen molar-refractivity contribution in [3.63, 3.8) is 0 Å². The molecule has 0 spiro atoms. The van der Waals surface area contributed by atoms with Crippen LogP contribution in [0.5, 0.6) is 0 Å². The maximum atomic E-state index is 12.0. The normalized spacial score (nSPS) is 12.5. The zero-order valence-corrected chi connectivity index (χ0v) is 6.68. The Hall–Kier alpha value is -1.00. The zero-order valence-electron chi connectivity index (χ0n) is 6.68. The van der Waals surface area contributed by atoms with E-state index in [4.69, 9.17) is 0 Å². The molecule has 12 heavy (non-hydrogen) atoms. The lowest BCUT2D eigenvalue weighted by atomic mass is 10.4. The Bertz CT molecular complexity index is 262. The van der Waals surface area contributed by atoms with E-state index in [1.807, 2.05) is 0 Å². The van der Waals surface area contributed by atoms with Crippen LogP contribution < -0.4 is 0 Å². The Balaban J connectivity index is 2.92. The fourth-order valence-corrected chi connectivity index (χ4v) is 0.704. The summed E-state index contributed by atoms with van der Waals surface area (Å²) in [5.74, 6) is 0. The third kappa shape index (κ3) is 1.78. The Labute approximate surface area is 68.0 Å². The van der Waals surface area contributed by atoms with Gasteiger partial charge in [0.05, 0.1) is 0 Å². The predicted octanol–water partition coefficient (Wildman–Crippen LogP) is 2.28. The second-order valence-electron chi connectivity index (χ2n) is 2.69. The van der Waals surface area contributed by atoms with E-state index in [0.29, 0.717) is 0 Å². The number of alkyl halides is 3. The summed E-state index contributed by atoms with van der Waals surface area (Å²) in [6.07, 6.45) is -3.19. The van der Waals surface area contributed by atoms with Crippen molar-refractivity contribution < 1.29 is 13.2 Å². The molecule has 0 aliphatic heterocycles. The summed E-state index contributed by atoms with van der Waals surface area (Å²) in [7, 11) is 0. The standard InChI is InChI=1S/C7H8F3N2/c1-5(2)12-4-3-6(11-12)7(8,9)10/h4-5H,1-2H3. The van der Waals surface area contributed by atoms with Crippen LogP contribution in [0.4, 0.5) is 13.2 Å². The van der Waals surface area contributed by atoms with E-state index in [-0.39, 0.29) is 6.04 Å². The van der Waals surface area contributed by atoms with E-state index < -0.39 is 11.9 Å². The topological polar surface area (TPSA) is 17.8 Å². The molecule has 1 radical (unpaired) electrons. The second-order valence-corrected chi connectivity index (χ2v) is 2.69.